The Labute approximate surface area is 196 Å². The molecule has 0 saturated heterocycles. The molecule has 1 N–H and O–H groups in total. The predicted molar refractivity (Wildman–Crippen MR) is 121 cm³/mol. The number of alkyl halides is 3. The van der Waals surface area contributed by atoms with Gasteiger partial charge in [-0.2, -0.15) is 13.2 Å². The van der Waals surface area contributed by atoms with Gasteiger partial charge in [-0.25, -0.2) is 9.37 Å². The van der Waals surface area contributed by atoms with E-state index in [9.17, 15) is 22.4 Å². The number of aromatic nitrogens is 1. The van der Waals surface area contributed by atoms with Crippen LogP contribution in [0.25, 0.3) is 10.6 Å². The Kier molecular flexibility index (Phi) is 6.93. The summed E-state index contributed by atoms with van der Waals surface area (Å²) in [5, 5.41) is 4.91. The number of thiazole rings is 1. The second kappa shape index (κ2) is 10.0. The van der Waals surface area contributed by atoms with E-state index in [1.54, 1.807) is 47.8 Å². The van der Waals surface area contributed by atoms with Gasteiger partial charge in [-0.15, -0.1) is 11.3 Å². The summed E-state index contributed by atoms with van der Waals surface area (Å²) in [6.07, 6.45) is -4.41. The second-order valence-electron chi connectivity index (χ2n) is 7.37. The number of hydrogen-bond donors (Lipinski definition) is 1. The molecule has 3 aromatic carbocycles. The van der Waals surface area contributed by atoms with Crippen LogP contribution in [0.4, 0.5) is 17.6 Å². The third-order valence-corrected chi connectivity index (χ3v) is 5.71. The lowest BCUT2D eigenvalue weighted by Crippen LogP contribution is -2.23. The zero-order valence-corrected chi connectivity index (χ0v) is 18.4. The summed E-state index contributed by atoms with van der Waals surface area (Å²) in [6.45, 7) is 0.140. The van der Waals surface area contributed by atoms with Crippen LogP contribution in [0.3, 0.4) is 0 Å². The first-order valence-electron chi connectivity index (χ1n) is 10.2. The Morgan fingerprint density at radius 3 is 2.53 bits per heavy atom. The van der Waals surface area contributed by atoms with Crippen molar-refractivity contribution in [2.75, 3.05) is 0 Å². The summed E-state index contributed by atoms with van der Waals surface area (Å²) in [4.78, 5) is 16.8. The highest BCUT2D eigenvalue weighted by Crippen LogP contribution is 2.30. The molecule has 0 aliphatic rings. The van der Waals surface area contributed by atoms with Crippen LogP contribution in [0.5, 0.6) is 5.75 Å². The third-order valence-electron chi connectivity index (χ3n) is 4.82. The molecule has 4 nitrogen and oxygen atoms in total. The van der Waals surface area contributed by atoms with Gasteiger partial charge in [0.1, 0.15) is 28.9 Å². The topological polar surface area (TPSA) is 51.2 Å². The summed E-state index contributed by atoms with van der Waals surface area (Å²) in [5.41, 5.74) is 1.23. The van der Waals surface area contributed by atoms with Gasteiger partial charge in [0.15, 0.2) is 0 Å². The molecule has 0 aliphatic heterocycles. The largest absolute Gasteiger partial charge is 0.489 e. The Morgan fingerprint density at radius 1 is 0.971 bits per heavy atom. The molecule has 0 saturated carbocycles. The van der Waals surface area contributed by atoms with Crippen LogP contribution in [0.15, 0.2) is 78.2 Å². The molecule has 174 valence electrons. The monoisotopic (exact) mass is 486 g/mol. The van der Waals surface area contributed by atoms with Crippen LogP contribution in [0.1, 0.15) is 27.2 Å². The molecule has 0 aliphatic carbocycles. The molecule has 0 atom stereocenters. The Hall–Kier alpha value is -3.72. The van der Waals surface area contributed by atoms with E-state index in [-0.39, 0.29) is 30.6 Å². The number of nitrogens with zero attached hydrogens (tertiary/aromatic N) is 1. The van der Waals surface area contributed by atoms with Crippen LogP contribution in [-0.2, 0) is 19.3 Å². The van der Waals surface area contributed by atoms with Crippen molar-refractivity contribution in [1.82, 2.24) is 10.3 Å². The van der Waals surface area contributed by atoms with E-state index in [0.29, 0.717) is 27.4 Å². The van der Waals surface area contributed by atoms with Gasteiger partial charge in [0.25, 0.3) is 5.91 Å². The van der Waals surface area contributed by atoms with E-state index >= 15 is 0 Å². The van der Waals surface area contributed by atoms with Crippen LogP contribution < -0.4 is 10.1 Å². The number of halogens is 4. The van der Waals surface area contributed by atoms with E-state index in [2.05, 4.69) is 10.3 Å². The SMILES string of the molecule is O=C(NCc1cccc(F)c1)c1csc(-c2cccc(OCc3cccc(C(F)(F)F)c3)c2)n1. The Balaban J connectivity index is 1.40. The van der Waals surface area contributed by atoms with Crippen molar-refractivity contribution in [3.8, 4) is 16.3 Å². The number of hydrogen-bond acceptors (Lipinski definition) is 4. The molecule has 1 heterocycles. The molecular formula is C25H18F4N2O2S. The lowest BCUT2D eigenvalue weighted by molar-refractivity contribution is -0.137. The van der Waals surface area contributed by atoms with Crippen molar-refractivity contribution in [3.63, 3.8) is 0 Å². The number of carbonyl (C=O) groups is 1. The number of benzene rings is 3. The van der Waals surface area contributed by atoms with E-state index in [1.807, 2.05) is 0 Å². The normalized spacial score (nSPS) is 11.3. The molecule has 0 radical (unpaired) electrons. The van der Waals surface area contributed by atoms with Gasteiger partial charge in [0, 0.05) is 17.5 Å². The average molecular weight is 486 g/mol. The van der Waals surface area contributed by atoms with Crippen molar-refractivity contribution >= 4 is 17.2 Å². The smallest absolute Gasteiger partial charge is 0.416 e. The number of nitrogens with one attached hydrogen (secondary N) is 1. The van der Waals surface area contributed by atoms with Gasteiger partial charge < -0.3 is 10.1 Å². The fourth-order valence-electron chi connectivity index (χ4n) is 3.15. The summed E-state index contributed by atoms with van der Waals surface area (Å²) in [5.74, 6) is -0.302. The molecule has 1 aromatic heterocycles. The van der Waals surface area contributed by atoms with Gasteiger partial charge in [-0.3, -0.25) is 4.79 Å². The second-order valence-corrected chi connectivity index (χ2v) is 8.22. The van der Waals surface area contributed by atoms with E-state index in [4.69, 9.17) is 4.74 Å². The minimum Gasteiger partial charge on any atom is -0.489 e. The predicted octanol–water partition coefficient (Wildman–Crippen LogP) is 6.48. The fourth-order valence-corrected chi connectivity index (χ4v) is 3.95. The van der Waals surface area contributed by atoms with E-state index in [0.717, 1.165) is 12.1 Å². The van der Waals surface area contributed by atoms with Gasteiger partial charge >= 0.3 is 6.18 Å². The van der Waals surface area contributed by atoms with Gasteiger partial charge in [-0.05, 0) is 47.5 Å². The molecule has 4 aromatic rings. The quantitative estimate of drug-likeness (QED) is 0.304. The summed E-state index contributed by atoms with van der Waals surface area (Å²) in [7, 11) is 0. The lowest BCUT2D eigenvalue weighted by atomic mass is 10.1. The zero-order valence-electron chi connectivity index (χ0n) is 17.6. The molecular weight excluding hydrogens is 468 g/mol. The minimum atomic E-state index is -4.41. The molecule has 1 amide bonds. The summed E-state index contributed by atoms with van der Waals surface area (Å²) < 4.78 is 57.6. The highest BCUT2D eigenvalue weighted by molar-refractivity contribution is 7.13. The first-order chi connectivity index (χ1) is 16.3. The molecule has 0 unspecified atom stereocenters. The van der Waals surface area contributed by atoms with Crippen LogP contribution in [-0.4, -0.2) is 10.9 Å². The van der Waals surface area contributed by atoms with Crippen molar-refractivity contribution in [1.29, 1.82) is 0 Å². The van der Waals surface area contributed by atoms with Crippen LogP contribution >= 0.6 is 11.3 Å². The third kappa shape index (κ3) is 5.99. The standard InChI is InChI=1S/C25H18F4N2O2S/c26-20-8-2-4-16(11-20)13-30-23(32)22-15-34-24(31-22)18-6-3-9-21(12-18)33-14-17-5-1-7-19(10-17)25(27,28)29/h1-12,15H,13-14H2,(H,30,32). The highest BCUT2D eigenvalue weighted by Gasteiger charge is 2.30. The van der Waals surface area contributed by atoms with Gasteiger partial charge in [0.05, 0.1) is 5.56 Å². The first kappa shape index (κ1) is 23.4. The van der Waals surface area contributed by atoms with Crippen molar-refractivity contribution in [3.05, 3.63) is 106 Å². The molecule has 9 heteroatoms. The number of ether oxygens (including phenoxy) is 1. The average Bonchev–Trinajstić information content (AvgIpc) is 3.32. The minimum absolute atomic E-state index is 0.0288. The molecule has 0 spiro atoms. The lowest BCUT2D eigenvalue weighted by Gasteiger charge is -2.10. The fraction of sp³-hybridized carbons (Fsp3) is 0.120. The Morgan fingerprint density at radius 2 is 1.74 bits per heavy atom. The van der Waals surface area contributed by atoms with Crippen molar-refractivity contribution in [2.24, 2.45) is 0 Å². The molecule has 4 rings (SSSR count). The number of carbonyl (C=O) groups excluding carboxylic acids is 1. The molecule has 34 heavy (non-hydrogen) atoms. The van der Waals surface area contributed by atoms with E-state index < -0.39 is 11.7 Å². The number of rotatable bonds is 7. The first-order valence-corrected chi connectivity index (χ1v) is 11.0. The maximum absolute atomic E-state index is 13.3. The Bertz CT molecular complexity index is 1300. The zero-order chi connectivity index (χ0) is 24.1. The van der Waals surface area contributed by atoms with Crippen molar-refractivity contribution < 1.29 is 27.1 Å². The van der Waals surface area contributed by atoms with Gasteiger partial charge in [0.2, 0.25) is 0 Å². The van der Waals surface area contributed by atoms with Crippen molar-refractivity contribution in [2.45, 2.75) is 19.3 Å². The maximum Gasteiger partial charge on any atom is 0.416 e. The molecule has 0 bridgehead atoms. The van der Waals surface area contributed by atoms with E-state index in [1.165, 1.54) is 29.5 Å². The van der Waals surface area contributed by atoms with Gasteiger partial charge in [-0.1, -0.05) is 36.4 Å². The van der Waals surface area contributed by atoms with Crippen LogP contribution in [0.2, 0.25) is 0 Å². The maximum atomic E-state index is 13.3. The van der Waals surface area contributed by atoms with Crippen LogP contribution in [0, 0.1) is 5.82 Å². The summed E-state index contributed by atoms with van der Waals surface area (Å²) in [6, 6.07) is 17.9. The highest BCUT2D eigenvalue weighted by atomic mass is 32.1. The molecule has 0 fully saturated rings. The summed E-state index contributed by atoms with van der Waals surface area (Å²) >= 11 is 1.27. The number of amides is 1.